The van der Waals surface area contributed by atoms with Crippen molar-refractivity contribution < 1.29 is 4.79 Å². The van der Waals surface area contributed by atoms with E-state index in [1.54, 1.807) is 4.90 Å². The minimum Gasteiger partial charge on any atom is -0.360 e. The van der Waals surface area contributed by atoms with Gasteiger partial charge in [-0.3, -0.25) is 9.36 Å². The molecule has 1 N–H and O–H groups in total. The Bertz CT molecular complexity index is 1370. The largest absolute Gasteiger partial charge is 0.360 e. The maximum Gasteiger partial charge on any atom is 0.233 e. The Morgan fingerprint density at radius 1 is 1.06 bits per heavy atom. The Morgan fingerprint density at radius 2 is 1.76 bits per heavy atom. The highest BCUT2D eigenvalue weighted by atomic mass is 32.2. The molecule has 2 aromatic carbocycles. The summed E-state index contributed by atoms with van der Waals surface area (Å²) in [5.41, 5.74) is 3.93. The number of aromatic nitrogens is 4. The number of rotatable bonds is 9. The van der Waals surface area contributed by atoms with E-state index in [0.29, 0.717) is 24.1 Å². The van der Waals surface area contributed by atoms with Crippen molar-refractivity contribution in [2.75, 3.05) is 18.8 Å². The molecule has 0 saturated heterocycles. The first-order chi connectivity index (χ1) is 16.6. The normalized spacial score (nSPS) is 10.7. The molecule has 4 rings (SSSR count). The number of nitrogens with zero attached hydrogens (tertiary/aromatic N) is 6. The molecule has 0 radical (unpaired) electrons. The molecule has 4 aromatic rings. The summed E-state index contributed by atoms with van der Waals surface area (Å²) in [6.45, 7) is 2.64. The fourth-order valence-electron chi connectivity index (χ4n) is 3.77. The molecule has 34 heavy (non-hydrogen) atoms. The number of aryl methyl sites for hydroxylation is 1. The van der Waals surface area contributed by atoms with Crippen LogP contribution in [0.1, 0.15) is 18.4 Å². The predicted molar refractivity (Wildman–Crippen MR) is 131 cm³/mol. The van der Waals surface area contributed by atoms with Crippen LogP contribution in [0.4, 0.5) is 0 Å². The number of nitriles is 2. The molecule has 0 atom stereocenters. The van der Waals surface area contributed by atoms with E-state index in [0.717, 1.165) is 27.7 Å². The molecule has 1 amide bonds. The molecule has 0 fully saturated rings. The van der Waals surface area contributed by atoms with E-state index in [-0.39, 0.29) is 24.5 Å². The number of fused-ring (bicyclic) bond motifs is 1. The molecule has 0 aliphatic heterocycles. The lowest BCUT2D eigenvalue weighted by Crippen LogP contribution is -2.34. The number of hydrogen-bond donors (Lipinski definition) is 1. The van der Waals surface area contributed by atoms with Gasteiger partial charge in [0, 0.05) is 35.8 Å². The van der Waals surface area contributed by atoms with Gasteiger partial charge in [-0.15, -0.1) is 10.2 Å². The Kier molecular flexibility index (Phi) is 7.26. The van der Waals surface area contributed by atoms with Crippen molar-refractivity contribution in [3.05, 3.63) is 60.3 Å². The molecule has 2 aromatic heterocycles. The zero-order valence-corrected chi connectivity index (χ0v) is 19.5. The summed E-state index contributed by atoms with van der Waals surface area (Å²) < 4.78 is 1.98. The average molecular weight is 470 g/mol. The average Bonchev–Trinajstić information content (AvgIpc) is 3.47. The lowest BCUT2D eigenvalue weighted by molar-refractivity contribution is -0.128. The topological polar surface area (TPSA) is 114 Å². The van der Waals surface area contributed by atoms with Gasteiger partial charge in [-0.25, -0.2) is 0 Å². The van der Waals surface area contributed by atoms with Crippen LogP contribution >= 0.6 is 11.8 Å². The molecule has 0 bridgehead atoms. The molecule has 2 heterocycles. The standard InChI is InChI=1S/C25H23N7OS/c1-18-8-2-5-11-22(18)32-24(20-16-28-21-10-4-3-9-19(20)21)29-30-25(32)34-17-23(33)31(14-6-12-26)15-7-13-27/h2-5,8-11,16,28H,6-7,14-15,17H2,1H3. The molecule has 0 saturated carbocycles. The van der Waals surface area contributed by atoms with Gasteiger partial charge >= 0.3 is 0 Å². The number of nitrogens with one attached hydrogen (secondary N) is 1. The van der Waals surface area contributed by atoms with Gasteiger partial charge in [-0.2, -0.15) is 10.5 Å². The van der Waals surface area contributed by atoms with Gasteiger partial charge in [0.05, 0.1) is 36.4 Å². The van der Waals surface area contributed by atoms with Crippen molar-refractivity contribution in [2.24, 2.45) is 0 Å². The van der Waals surface area contributed by atoms with E-state index in [1.807, 2.05) is 66.2 Å². The molecule has 8 nitrogen and oxygen atoms in total. The highest BCUT2D eigenvalue weighted by Gasteiger charge is 2.22. The summed E-state index contributed by atoms with van der Waals surface area (Å²) in [4.78, 5) is 17.7. The molecule has 0 aliphatic carbocycles. The number of hydrogen-bond acceptors (Lipinski definition) is 6. The Hall–Kier alpha value is -4.08. The number of thioether (sulfide) groups is 1. The Morgan fingerprint density at radius 3 is 2.50 bits per heavy atom. The van der Waals surface area contributed by atoms with Crippen LogP contribution in [0.25, 0.3) is 28.0 Å². The van der Waals surface area contributed by atoms with Crippen LogP contribution in [0, 0.1) is 29.6 Å². The van der Waals surface area contributed by atoms with Gasteiger partial charge in [-0.1, -0.05) is 48.2 Å². The van der Waals surface area contributed by atoms with Crippen LogP contribution in [0.3, 0.4) is 0 Å². The second-order valence-electron chi connectivity index (χ2n) is 7.66. The van der Waals surface area contributed by atoms with Crippen molar-refractivity contribution >= 4 is 28.6 Å². The molecule has 0 spiro atoms. The van der Waals surface area contributed by atoms with Gasteiger partial charge in [0.1, 0.15) is 0 Å². The fourth-order valence-corrected chi connectivity index (χ4v) is 4.62. The van der Waals surface area contributed by atoms with Crippen molar-refractivity contribution in [3.8, 4) is 29.2 Å². The SMILES string of the molecule is Cc1ccccc1-n1c(SCC(=O)N(CCC#N)CCC#N)nnc1-c1c[nH]c2ccccc12. The van der Waals surface area contributed by atoms with Gasteiger partial charge < -0.3 is 9.88 Å². The van der Waals surface area contributed by atoms with E-state index in [2.05, 4.69) is 27.3 Å². The highest BCUT2D eigenvalue weighted by molar-refractivity contribution is 7.99. The van der Waals surface area contributed by atoms with Crippen molar-refractivity contribution in [1.82, 2.24) is 24.6 Å². The van der Waals surface area contributed by atoms with E-state index in [1.165, 1.54) is 11.8 Å². The summed E-state index contributed by atoms with van der Waals surface area (Å²) in [7, 11) is 0. The van der Waals surface area contributed by atoms with E-state index < -0.39 is 0 Å². The number of amides is 1. The molecular weight excluding hydrogens is 446 g/mol. The molecule has 9 heteroatoms. The van der Waals surface area contributed by atoms with Gasteiger partial charge in [0.15, 0.2) is 11.0 Å². The number of benzene rings is 2. The molecule has 170 valence electrons. The molecule has 0 aliphatic rings. The second kappa shape index (κ2) is 10.7. The maximum atomic E-state index is 12.9. The molecular formula is C25H23N7OS. The first kappa shape index (κ1) is 23.1. The first-order valence-electron chi connectivity index (χ1n) is 10.9. The summed E-state index contributed by atoms with van der Waals surface area (Å²) in [6.07, 6.45) is 2.38. The molecule has 0 unspecified atom stereocenters. The summed E-state index contributed by atoms with van der Waals surface area (Å²) in [5, 5.41) is 28.4. The zero-order chi connectivity index (χ0) is 23.9. The minimum atomic E-state index is -0.136. The summed E-state index contributed by atoms with van der Waals surface area (Å²) in [6, 6.07) is 20.1. The third-order valence-corrected chi connectivity index (χ3v) is 6.40. The number of para-hydroxylation sites is 2. The Balaban J connectivity index is 1.68. The lowest BCUT2D eigenvalue weighted by atomic mass is 10.1. The van der Waals surface area contributed by atoms with Crippen molar-refractivity contribution in [1.29, 1.82) is 10.5 Å². The summed E-state index contributed by atoms with van der Waals surface area (Å²) in [5.74, 6) is 0.686. The van der Waals surface area contributed by atoms with Crippen LogP contribution in [0.2, 0.25) is 0 Å². The van der Waals surface area contributed by atoms with Crippen molar-refractivity contribution in [2.45, 2.75) is 24.9 Å². The number of carbonyl (C=O) groups is 1. The maximum absolute atomic E-state index is 12.9. The smallest absolute Gasteiger partial charge is 0.233 e. The fraction of sp³-hybridized carbons (Fsp3) is 0.240. The van der Waals surface area contributed by atoms with Crippen molar-refractivity contribution in [3.63, 3.8) is 0 Å². The van der Waals surface area contributed by atoms with E-state index in [9.17, 15) is 4.79 Å². The number of aromatic amines is 1. The van der Waals surface area contributed by atoms with Crippen LogP contribution in [-0.4, -0.2) is 49.4 Å². The summed E-state index contributed by atoms with van der Waals surface area (Å²) >= 11 is 1.30. The van der Waals surface area contributed by atoms with Crippen LogP contribution in [-0.2, 0) is 4.79 Å². The first-order valence-corrected chi connectivity index (χ1v) is 11.8. The number of H-pyrrole nitrogens is 1. The predicted octanol–water partition coefficient (Wildman–Crippen LogP) is 4.47. The lowest BCUT2D eigenvalue weighted by Gasteiger charge is -2.20. The van der Waals surface area contributed by atoms with Gasteiger partial charge in [0.25, 0.3) is 0 Å². The number of carbonyl (C=O) groups excluding carboxylic acids is 1. The van der Waals surface area contributed by atoms with Gasteiger partial charge in [0.2, 0.25) is 5.91 Å². The van der Waals surface area contributed by atoms with Crippen LogP contribution in [0.15, 0.2) is 59.9 Å². The third-order valence-electron chi connectivity index (χ3n) is 5.48. The van der Waals surface area contributed by atoms with Crippen LogP contribution < -0.4 is 0 Å². The second-order valence-corrected chi connectivity index (χ2v) is 8.60. The monoisotopic (exact) mass is 469 g/mol. The minimum absolute atomic E-state index is 0.134. The highest BCUT2D eigenvalue weighted by Crippen LogP contribution is 2.33. The van der Waals surface area contributed by atoms with E-state index in [4.69, 9.17) is 10.5 Å². The van der Waals surface area contributed by atoms with E-state index >= 15 is 0 Å². The quantitative estimate of drug-likeness (QED) is 0.362. The third kappa shape index (κ3) is 4.80. The van der Waals surface area contributed by atoms with Gasteiger partial charge in [-0.05, 0) is 24.6 Å². The zero-order valence-electron chi connectivity index (χ0n) is 18.7. The van der Waals surface area contributed by atoms with Crippen LogP contribution in [0.5, 0.6) is 0 Å². The Labute approximate surface area is 201 Å².